The van der Waals surface area contributed by atoms with E-state index in [-0.39, 0.29) is 24.5 Å². The van der Waals surface area contributed by atoms with E-state index in [0.717, 1.165) is 4.47 Å². The normalized spacial score (nSPS) is 17.3. The number of benzene rings is 1. The summed E-state index contributed by atoms with van der Waals surface area (Å²) in [5.74, 6) is -0.990. The van der Waals surface area contributed by atoms with Gasteiger partial charge in [-0.1, -0.05) is 28.1 Å². The molecule has 0 radical (unpaired) electrons. The molecular weight excluding hydrogens is 402 g/mol. The molecule has 0 fully saturated rings. The van der Waals surface area contributed by atoms with Gasteiger partial charge in [0.25, 0.3) is 5.91 Å². The third kappa shape index (κ3) is 3.32. The Labute approximate surface area is 159 Å². The number of aliphatic hydroxyl groups excluding tert-OH is 1. The molecule has 7 heteroatoms. The van der Waals surface area contributed by atoms with Crippen LogP contribution in [0.3, 0.4) is 0 Å². The number of aryl methyl sites for hydroxylation is 1. The molecule has 0 saturated carbocycles. The first kappa shape index (κ1) is 18.4. The van der Waals surface area contributed by atoms with Crippen LogP contribution in [-0.4, -0.2) is 42.0 Å². The van der Waals surface area contributed by atoms with Crippen LogP contribution < -0.4 is 0 Å². The predicted octanol–water partition coefficient (Wildman–Crippen LogP) is 3.58. The Bertz CT molecular complexity index is 886. The number of Topliss-reactive ketones (excluding diaryl/α,β-unsaturated/α-hetero) is 1. The predicted molar refractivity (Wildman–Crippen MR) is 97.9 cm³/mol. The highest BCUT2D eigenvalue weighted by Crippen LogP contribution is 2.39. The van der Waals surface area contributed by atoms with Gasteiger partial charge in [-0.15, -0.1) is 0 Å². The molecule has 1 N–H and O–H groups in total. The van der Waals surface area contributed by atoms with Gasteiger partial charge in [0.15, 0.2) is 11.5 Å². The van der Waals surface area contributed by atoms with Crippen molar-refractivity contribution in [3.8, 4) is 0 Å². The summed E-state index contributed by atoms with van der Waals surface area (Å²) in [5.41, 5.74) is 0.720. The highest BCUT2D eigenvalue weighted by Gasteiger charge is 2.44. The number of furan rings is 1. The molecule has 1 amide bonds. The van der Waals surface area contributed by atoms with Crippen molar-refractivity contribution in [1.29, 1.82) is 0 Å². The molecule has 0 aliphatic carbocycles. The zero-order valence-electron chi connectivity index (χ0n) is 14.4. The number of aliphatic hydroxyl groups is 1. The van der Waals surface area contributed by atoms with E-state index in [1.54, 1.807) is 13.0 Å². The van der Waals surface area contributed by atoms with Gasteiger partial charge in [0.05, 0.1) is 18.2 Å². The molecule has 0 spiro atoms. The second kappa shape index (κ2) is 7.47. The molecule has 1 aromatic heterocycles. The lowest BCUT2D eigenvalue weighted by Gasteiger charge is -2.26. The largest absolute Gasteiger partial charge is 0.503 e. The molecule has 2 heterocycles. The van der Waals surface area contributed by atoms with E-state index in [2.05, 4.69) is 15.9 Å². The number of methoxy groups -OCH3 is 1. The second-order valence-electron chi connectivity index (χ2n) is 5.95. The lowest BCUT2D eigenvalue weighted by molar-refractivity contribution is -0.130. The lowest BCUT2D eigenvalue weighted by Crippen LogP contribution is -2.34. The van der Waals surface area contributed by atoms with E-state index < -0.39 is 23.5 Å². The highest BCUT2D eigenvalue weighted by atomic mass is 79.9. The third-order valence-corrected chi connectivity index (χ3v) is 4.71. The number of halogens is 1. The van der Waals surface area contributed by atoms with E-state index in [9.17, 15) is 14.7 Å². The Morgan fingerprint density at radius 1 is 1.35 bits per heavy atom. The Hall–Kier alpha value is -2.38. The van der Waals surface area contributed by atoms with E-state index >= 15 is 0 Å². The van der Waals surface area contributed by atoms with E-state index in [4.69, 9.17) is 9.15 Å². The van der Waals surface area contributed by atoms with Crippen molar-refractivity contribution in [3.63, 3.8) is 0 Å². The highest BCUT2D eigenvalue weighted by molar-refractivity contribution is 9.10. The van der Waals surface area contributed by atoms with Crippen LogP contribution in [0.5, 0.6) is 0 Å². The SMILES string of the molecule is COCCN1C(=O)C(O)=C(C(=O)c2ccc(C)o2)C1c1cccc(Br)c1. The summed E-state index contributed by atoms with van der Waals surface area (Å²) < 4.78 is 11.3. The quantitative estimate of drug-likeness (QED) is 0.723. The Morgan fingerprint density at radius 2 is 2.12 bits per heavy atom. The number of ketones is 1. The molecular formula is C19H18BrNO5. The lowest BCUT2D eigenvalue weighted by atomic mass is 9.95. The van der Waals surface area contributed by atoms with Gasteiger partial charge in [-0.3, -0.25) is 9.59 Å². The molecule has 26 heavy (non-hydrogen) atoms. The summed E-state index contributed by atoms with van der Waals surface area (Å²) in [6.45, 7) is 2.25. The molecule has 1 aliphatic heterocycles. The van der Waals surface area contributed by atoms with Crippen LogP contribution in [0, 0.1) is 6.92 Å². The number of hydrogen-bond acceptors (Lipinski definition) is 5. The molecule has 6 nitrogen and oxygen atoms in total. The molecule has 1 aliphatic rings. The summed E-state index contributed by atoms with van der Waals surface area (Å²) in [6, 6.07) is 9.77. The van der Waals surface area contributed by atoms with E-state index in [1.165, 1.54) is 18.1 Å². The molecule has 136 valence electrons. The number of rotatable bonds is 6. The van der Waals surface area contributed by atoms with Crippen LogP contribution >= 0.6 is 15.9 Å². The monoisotopic (exact) mass is 419 g/mol. The van der Waals surface area contributed by atoms with Gasteiger partial charge < -0.3 is 19.2 Å². The molecule has 1 aromatic carbocycles. The molecule has 1 unspecified atom stereocenters. The van der Waals surface area contributed by atoms with Crippen LogP contribution in [-0.2, 0) is 9.53 Å². The van der Waals surface area contributed by atoms with Crippen LogP contribution in [0.2, 0.25) is 0 Å². The van der Waals surface area contributed by atoms with Crippen molar-refractivity contribution in [2.24, 2.45) is 0 Å². The standard InChI is InChI=1S/C19H18BrNO5/c1-11-6-7-14(26-11)17(22)15-16(12-4-3-5-13(20)10-12)21(8-9-25-2)19(24)18(15)23/h3-7,10,16,23H,8-9H2,1-2H3. The van der Waals surface area contributed by atoms with Gasteiger partial charge in [0.2, 0.25) is 5.78 Å². The molecule has 2 aromatic rings. The zero-order chi connectivity index (χ0) is 18.8. The van der Waals surface area contributed by atoms with Crippen molar-refractivity contribution in [2.75, 3.05) is 20.3 Å². The second-order valence-corrected chi connectivity index (χ2v) is 6.87. The molecule has 0 bridgehead atoms. The van der Waals surface area contributed by atoms with Crippen LogP contribution in [0.4, 0.5) is 0 Å². The minimum atomic E-state index is -0.715. The Kier molecular flexibility index (Phi) is 5.29. The number of ether oxygens (including phenoxy) is 1. The summed E-state index contributed by atoms with van der Waals surface area (Å²) >= 11 is 3.41. The van der Waals surface area contributed by atoms with Gasteiger partial charge >= 0.3 is 0 Å². The van der Waals surface area contributed by atoms with Crippen LogP contribution in [0.1, 0.15) is 27.9 Å². The number of amides is 1. The number of hydrogen-bond donors (Lipinski definition) is 1. The maximum absolute atomic E-state index is 13.0. The fourth-order valence-electron chi connectivity index (χ4n) is 3.02. The summed E-state index contributed by atoms with van der Waals surface area (Å²) in [5, 5.41) is 10.4. The van der Waals surface area contributed by atoms with Crippen LogP contribution in [0.15, 0.2) is 56.6 Å². The zero-order valence-corrected chi connectivity index (χ0v) is 15.9. The number of carbonyl (C=O) groups is 2. The molecule has 0 saturated heterocycles. The minimum Gasteiger partial charge on any atom is -0.503 e. The fraction of sp³-hybridized carbons (Fsp3) is 0.263. The van der Waals surface area contributed by atoms with Crippen molar-refractivity contribution in [2.45, 2.75) is 13.0 Å². The van der Waals surface area contributed by atoms with Crippen molar-refractivity contribution in [1.82, 2.24) is 4.90 Å². The fourth-order valence-corrected chi connectivity index (χ4v) is 3.44. The van der Waals surface area contributed by atoms with Crippen molar-refractivity contribution >= 4 is 27.6 Å². The first-order valence-corrected chi connectivity index (χ1v) is 8.83. The van der Waals surface area contributed by atoms with E-state index in [0.29, 0.717) is 11.3 Å². The van der Waals surface area contributed by atoms with Crippen molar-refractivity contribution < 1.29 is 23.8 Å². The number of nitrogens with zero attached hydrogens (tertiary/aromatic N) is 1. The summed E-state index contributed by atoms with van der Waals surface area (Å²) in [4.78, 5) is 27.0. The Balaban J connectivity index is 2.08. The van der Waals surface area contributed by atoms with Gasteiger partial charge in [-0.05, 0) is 36.8 Å². The van der Waals surface area contributed by atoms with Crippen molar-refractivity contribution in [3.05, 3.63) is 69.3 Å². The molecule has 1 atom stereocenters. The average molecular weight is 420 g/mol. The van der Waals surface area contributed by atoms with E-state index in [1.807, 2.05) is 24.3 Å². The topological polar surface area (TPSA) is 80.0 Å². The third-order valence-electron chi connectivity index (χ3n) is 4.21. The van der Waals surface area contributed by atoms with Gasteiger partial charge in [0.1, 0.15) is 5.76 Å². The van der Waals surface area contributed by atoms with Gasteiger partial charge in [0, 0.05) is 18.1 Å². The molecule has 3 rings (SSSR count). The van der Waals surface area contributed by atoms with Gasteiger partial charge in [-0.2, -0.15) is 0 Å². The first-order chi connectivity index (χ1) is 12.4. The Morgan fingerprint density at radius 3 is 2.73 bits per heavy atom. The first-order valence-electron chi connectivity index (χ1n) is 8.03. The number of carbonyl (C=O) groups excluding carboxylic acids is 2. The maximum atomic E-state index is 13.0. The smallest absolute Gasteiger partial charge is 0.290 e. The minimum absolute atomic E-state index is 0.0125. The summed E-state index contributed by atoms with van der Waals surface area (Å²) in [7, 11) is 1.53. The maximum Gasteiger partial charge on any atom is 0.290 e. The average Bonchev–Trinajstić information content (AvgIpc) is 3.15. The summed E-state index contributed by atoms with van der Waals surface area (Å²) in [6.07, 6.45) is 0. The van der Waals surface area contributed by atoms with Gasteiger partial charge in [-0.25, -0.2) is 0 Å². The van der Waals surface area contributed by atoms with Crippen LogP contribution in [0.25, 0.3) is 0 Å².